The zero-order valence-electron chi connectivity index (χ0n) is 16.5. The molecule has 1 heterocycles. The van der Waals surface area contributed by atoms with E-state index in [1.807, 2.05) is 0 Å². The second kappa shape index (κ2) is 6.92. The molecule has 2 aromatic carbocycles. The number of sulfonamides is 1. The average Bonchev–Trinajstić information content (AvgIpc) is 3.03. The summed E-state index contributed by atoms with van der Waals surface area (Å²) in [5.74, 6) is -0.838. The highest BCUT2D eigenvalue weighted by Gasteiger charge is 2.47. The van der Waals surface area contributed by atoms with Crippen molar-refractivity contribution < 1.29 is 23.1 Å². The lowest BCUT2D eigenvalue weighted by atomic mass is 9.81. The van der Waals surface area contributed by atoms with E-state index in [1.54, 1.807) is 0 Å². The van der Waals surface area contributed by atoms with Crippen LogP contribution in [-0.4, -0.2) is 35.8 Å². The van der Waals surface area contributed by atoms with Crippen molar-refractivity contribution in [2.45, 2.75) is 43.0 Å². The Hall–Kier alpha value is -3.67. The molecule has 0 amide bonds. The van der Waals surface area contributed by atoms with Gasteiger partial charge in [-0.3, -0.25) is 25.0 Å². The zero-order valence-corrected chi connectivity index (χ0v) is 17.3. The summed E-state index contributed by atoms with van der Waals surface area (Å²) >= 11 is 0. The first-order chi connectivity index (χ1) is 15.2. The molecule has 1 fully saturated rings. The van der Waals surface area contributed by atoms with Gasteiger partial charge in [-0.1, -0.05) is 31.4 Å². The number of benzene rings is 2. The van der Waals surface area contributed by atoms with Gasteiger partial charge < -0.3 is 5.32 Å². The molecule has 164 valence electrons. The Labute approximate surface area is 181 Å². The van der Waals surface area contributed by atoms with Crippen LogP contribution in [-0.2, 0) is 10.0 Å². The summed E-state index contributed by atoms with van der Waals surface area (Å²) in [6, 6.07) is 4.83. The molecule has 1 aliphatic heterocycles. The van der Waals surface area contributed by atoms with Gasteiger partial charge in [0.05, 0.1) is 20.3 Å². The first-order valence-electron chi connectivity index (χ1n) is 10.0. The van der Waals surface area contributed by atoms with Crippen LogP contribution < -0.4 is 5.32 Å². The number of fused-ring (bicyclic) bond motifs is 2. The summed E-state index contributed by atoms with van der Waals surface area (Å²) in [5.41, 5.74) is -2.70. The highest BCUT2D eigenvalue weighted by molar-refractivity contribution is 7.90. The standard InChI is InChI=1S/C20H16N4O7S/c25-20-11-7-4-8-14-15(11)18(22-32(14,30)31)16-13(23(26)27)9-12(19(17(16)20)24(28)29)21-10-5-2-1-3-6-10/h4,7-10,21H,1-3,5-6H2. The van der Waals surface area contributed by atoms with Crippen LogP contribution in [0, 0.1) is 20.2 Å². The molecule has 0 unspecified atom stereocenters. The third kappa shape index (κ3) is 2.83. The molecule has 2 aromatic rings. The summed E-state index contributed by atoms with van der Waals surface area (Å²) in [5, 5.41) is 27.1. The van der Waals surface area contributed by atoms with Gasteiger partial charge >= 0.3 is 5.69 Å². The maximum atomic E-state index is 13.4. The number of nitrogens with one attached hydrogen (secondary N) is 1. The molecule has 0 radical (unpaired) electrons. The second-order valence-corrected chi connectivity index (χ2v) is 9.53. The Morgan fingerprint density at radius 3 is 2.38 bits per heavy atom. The van der Waals surface area contributed by atoms with Crippen LogP contribution >= 0.6 is 0 Å². The fourth-order valence-electron chi connectivity index (χ4n) is 4.73. The summed E-state index contributed by atoms with van der Waals surface area (Å²) < 4.78 is 28.7. The van der Waals surface area contributed by atoms with Crippen molar-refractivity contribution in [3.8, 4) is 0 Å². The minimum absolute atomic E-state index is 0.0459. The molecule has 0 spiro atoms. The predicted octanol–water partition coefficient (Wildman–Crippen LogP) is 3.33. The average molecular weight is 456 g/mol. The van der Waals surface area contributed by atoms with Crippen molar-refractivity contribution in [1.82, 2.24) is 0 Å². The number of anilines is 1. The SMILES string of the molecule is O=C1c2cccc3c2C(=NS3(=O)=O)c2c([N+](=O)[O-])cc(NC3CCCCC3)c([N+](=O)[O-])c21. The van der Waals surface area contributed by atoms with Crippen LogP contribution in [0.5, 0.6) is 0 Å². The van der Waals surface area contributed by atoms with Crippen LogP contribution in [0.3, 0.4) is 0 Å². The number of carbonyl (C=O) groups is 1. The molecule has 32 heavy (non-hydrogen) atoms. The van der Waals surface area contributed by atoms with Gasteiger partial charge in [0.1, 0.15) is 17.0 Å². The number of hydrogen-bond acceptors (Lipinski definition) is 8. The number of nitro groups is 2. The smallest absolute Gasteiger partial charge is 0.304 e. The van der Waals surface area contributed by atoms with Gasteiger partial charge in [-0.15, -0.1) is 0 Å². The molecule has 0 aromatic heterocycles. The number of carbonyl (C=O) groups excluding carboxylic acids is 1. The first kappa shape index (κ1) is 20.2. The van der Waals surface area contributed by atoms with Crippen LogP contribution in [0.4, 0.5) is 17.1 Å². The van der Waals surface area contributed by atoms with Gasteiger partial charge in [0, 0.05) is 23.2 Å². The molecule has 0 bridgehead atoms. The topological polar surface area (TPSA) is 162 Å². The van der Waals surface area contributed by atoms with Crippen molar-refractivity contribution in [2.75, 3.05) is 5.32 Å². The number of hydrogen-bond donors (Lipinski definition) is 1. The van der Waals surface area contributed by atoms with Gasteiger partial charge in [-0.25, -0.2) is 0 Å². The molecular formula is C20H16N4O7S. The third-order valence-electron chi connectivity index (χ3n) is 6.08. The molecule has 3 aliphatic rings. The number of nitrogens with zero attached hydrogens (tertiary/aromatic N) is 3. The van der Waals surface area contributed by atoms with Crippen molar-refractivity contribution >= 4 is 38.6 Å². The van der Waals surface area contributed by atoms with Gasteiger partial charge in [0.2, 0.25) is 5.78 Å². The van der Waals surface area contributed by atoms with Gasteiger partial charge in [0.25, 0.3) is 15.7 Å². The van der Waals surface area contributed by atoms with Gasteiger partial charge in [0.15, 0.2) is 0 Å². The van der Waals surface area contributed by atoms with E-state index in [0.29, 0.717) is 0 Å². The Kier molecular flexibility index (Phi) is 4.38. The van der Waals surface area contributed by atoms with Crippen molar-refractivity contribution in [2.24, 2.45) is 4.40 Å². The Morgan fingerprint density at radius 1 is 1.00 bits per heavy atom. The highest BCUT2D eigenvalue weighted by Crippen LogP contribution is 2.47. The van der Waals surface area contributed by atoms with Crippen LogP contribution in [0.1, 0.15) is 59.2 Å². The molecule has 5 rings (SSSR count). The predicted molar refractivity (Wildman–Crippen MR) is 113 cm³/mol. The van der Waals surface area contributed by atoms with E-state index in [1.165, 1.54) is 18.2 Å². The van der Waals surface area contributed by atoms with Crippen molar-refractivity contribution in [3.05, 3.63) is 66.7 Å². The Bertz CT molecular complexity index is 1370. The molecule has 11 nitrogen and oxygen atoms in total. The van der Waals surface area contributed by atoms with E-state index < -0.39 is 48.2 Å². The van der Waals surface area contributed by atoms with E-state index in [-0.39, 0.29) is 33.5 Å². The van der Waals surface area contributed by atoms with Crippen LogP contribution in [0.25, 0.3) is 0 Å². The highest BCUT2D eigenvalue weighted by atomic mass is 32.2. The number of rotatable bonds is 4. The fourth-order valence-corrected chi connectivity index (χ4v) is 5.97. The Morgan fingerprint density at radius 2 is 1.72 bits per heavy atom. The second-order valence-electron chi connectivity index (χ2n) is 7.96. The maximum absolute atomic E-state index is 13.4. The molecule has 0 atom stereocenters. The van der Waals surface area contributed by atoms with Crippen LogP contribution in [0.15, 0.2) is 33.6 Å². The lowest BCUT2D eigenvalue weighted by molar-refractivity contribution is -0.388. The first-order valence-corrected chi connectivity index (χ1v) is 11.4. The largest absolute Gasteiger partial charge is 0.377 e. The summed E-state index contributed by atoms with van der Waals surface area (Å²) in [6.07, 6.45) is 4.36. The molecule has 0 saturated heterocycles. The number of nitro benzene ring substituents is 2. The van der Waals surface area contributed by atoms with Crippen LogP contribution in [0.2, 0.25) is 0 Å². The minimum atomic E-state index is -4.20. The molecular weight excluding hydrogens is 440 g/mol. The van der Waals surface area contributed by atoms with E-state index in [9.17, 15) is 33.4 Å². The van der Waals surface area contributed by atoms with E-state index in [0.717, 1.165) is 38.2 Å². The van der Waals surface area contributed by atoms with Crippen molar-refractivity contribution in [3.63, 3.8) is 0 Å². The van der Waals surface area contributed by atoms with Gasteiger partial charge in [-0.05, 0) is 18.9 Å². The monoisotopic (exact) mass is 456 g/mol. The molecule has 1 N–H and O–H groups in total. The summed E-state index contributed by atoms with van der Waals surface area (Å²) in [4.78, 5) is 35.6. The minimum Gasteiger partial charge on any atom is -0.377 e. The van der Waals surface area contributed by atoms with E-state index >= 15 is 0 Å². The summed E-state index contributed by atoms with van der Waals surface area (Å²) in [7, 11) is -4.20. The van der Waals surface area contributed by atoms with Crippen molar-refractivity contribution in [1.29, 1.82) is 0 Å². The quantitative estimate of drug-likeness (QED) is 0.462. The molecule has 1 saturated carbocycles. The molecule has 12 heteroatoms. The zero-order chi connectivity index (χ0) is 22.8. The van der Waals surface area contributed by atoms with Gasteiger partial charge in [-0.2, -0.15) is 12.8 Å². The third-order valence-corrected chi connectivity index (χ3v) is 7.40. The lowest BCUT2D eigenvalue weighted by Gasteiger charge is -2.25. The van der Waals surface area contributed by atoms with E-state index in [4.69, 9.17) is 0 Å². The lowest BCUT2D eigenvalue weighted by Crippen LogP contribution is -2.26. The fraction of sp³-hybridized carbons (Fsp3) is 0.300. The summed E-state index contributed by atoms with van der Waals surface area (Å²) in [6.45, 7) is 0. The molecule has 2 aliphatic carbocycles. The number of ketones is 1. The normalized spacial score (nSPS) is 18.5. The Balaban J connectivity index is 1.84. The van der Waals surface area contributed by atoms with E-state index in [2.05, 4.69) is 9.71 Å². The maximum Gasteiger partial charge on any atom is 0.304 e.